The van der Waals surface area contributed by atoms with Gasteiger partial charge in [-0.15, -0.1) is 0 Å². The Morgan fingerprint density at radius 1 is 1.00 bits per heavy atom. The molecule has 0 saturated heterocycles. The van der Waals surface area contributed by atoms with Crippen molar-refractivity contribution >= 4 is 11.6 Å². The minimum Gasteiger partial charge on any atom is -0.233 e. The molecular weight excluding hydrogens is 244 g/mol. The second-order valence-electron chi connectivity index (χ2n) is 4.89. The smallest absolute Gasteiger partial charge is 0.161 e. The van der Waals surface area contributed by atoms with Crippen LogP contribution in [0.25, 0.3) is 11.4 Å². The van der Waals surface area contributed by atoms with Crippen LogP contribution in [-0.4, -0.2) is 9.97 Å². The van der Waals surface area contributed by atoms with Crippen molar-refractivity contribution in [1.29, 1.82) is 0 Å². The maximum atomic E-state index is 6.06. The van der Waals surface area contributed by atoms with Crippen molar-refractivity contribution in [3.8, 4) is 11.4 Å². The number of rotatable bonds is 2. The fourth-order valence-corrected chi connectivity index (χ4v) is 1.93. The zero-order chi connectivity index (χ0) is 13.3. The molecule has 1 heterocycles. The van der Waals surface area contributed by atoms with Gasteiger partial charge in [0.25, 0.3) is 0 Å². The average Bonchev–Trinajstić information content (AvgIpc) is 2.31. The molecule has 0 bridgehead atoms. The van der Waals surface area contributed by atoms with E-state index in [9.17, 15) is 0 Å². The van der Waals surface area contributed by atoms with Gasteiger partial charge in [-0.25, -0.2) is 9.97 Å². The molecule has 94 valence electrons. The second kappa shape index (κ2) is 5.07. The van der Waals surface area contributed by atoms with E-state index in [1.165, 1.54) is 11.1 Å². The third kappa shape index (κ3) is 2.70. The van der Waals surface area contributed by atoms with Crippen molar-refractivity contribution in [3.05, 3.63) is 46.2 Å². The summed E-state index contributed by atoms with van der Waals surface area (Å²) in [6.07, 6.45) is 0. The predicted octanol–water partition coefficient (Wildman–Crippen LogP) is 4.54. The van der Waals surface area contributed by atoms with Gasteiger partial charge >= 0.3 is 0 Å². The highest BCUT2D eigenvalue weighted by Crippen LogP contribution is 2.23. The summed E-state index contributed by atoms with van der Waals surface area (Å²) in [5, 5.41) is 0.502. The van der Waals surface area contributed by atoms with Gasteiger partial charge in [-0.3, -0.25) is 0 Å². The zero-order valence-electron chi connectivity index (χ0n) is 11.2. The van der Waals surface area contributed by atoms with E-state index in [4.69, 9.17) is 11.6 Å². The van der Waals surface area contributed by atoms with E-state index in [1.807, 2.05) is 12.1 Å². The van der Waals surface area contributed by atoms with Crippen LogP contribution in [0.2, 0.25) is 5.15 Å². The summed E-state index contributed by atoms with van der Waals surface area (Å²) < 4.78 is 0. The molecule has 0 N–H and O–H groups in total. The molecule has 1 aromatic carbocycles. The third-order valence-electron chi connectivity index (χ3n) is 3.07. The van der Waals surface area contributed by atoms with Gasteiger partial charge in [0, 0.05) is 11.3 Å². The first-order chi connectivity index (χ1) is 8.47. The molecule has 2 nitrogen and oxygen atoms in total. The van der Waals surface area contributed by atoms with E-state index in [-0.39, 0.29) is 0 Å². The van der Waals surface area contributed by atoms with Crippen LogP contribution in [0.3, 0.4) is 0 Å². The summed E-state index contributed by atoms with van der Waals surface area (Å²) in [6, 6.07) is 8.06. The highest BCUT2D eigenvalue weighted by Gasteiger charge is 2.09. The summed E-state index contributed by atoms with van der Waals surface area (Å²) in [5.74, 6) is 1.05. The van der Waals surface area contributed by atoms with E-state index in [0.717, 1.165) is 11.3 Å². The third-order valence-corrected chi connectivity index (χ3v) is 3.26. The Morgan fingerprint density at radius 3 is 2.33 bits per heavy atom. The summed E-state index contributed by atoms with van der Waals surface area (Å²) in [4.78, 5) is 8.89. The van der Waals surface area contributed by atoms with Gasteiger partial charge in [-0.1, -0.05) is 37.6 Å². The van der Waals surface area contributed by atoms with E-state index in [1.54, 1.807) is 0 Å². The van der Waals surface area contributed by atoms with Crippen molar-refractivity contribution in [1.82, 2.24) is 9.97 Å². The van der Waals surface area contributed by atoms with Crippen LogP contribution in [0.1, 0.15) is 36.6 Å². The van der Waals surface area contributed by atoms with Crippen molar-refractivity contribution in [2.24, 2.45) is 0 Å². The van der Waals surface area contributed by atoms with Crippen LogP contribution in [0.15, 0.2) is 24.3 Å². The number of aryl methyl sites for hydroxylation is 2. The molecule has 0 fully saturated rings. The Hall–Kier alpha value is -1.41. The van der Waals surface area contributed by atoms with Gasteiger partial charge < -0.3 is 0 Å². The lowest BCUT2D eigenvalue weighted by atomic mass is 10.1. The molecule has 2 rings (SSSR count). The minimum absolute atomic E-state index is 0.343. The Kier molecular flexibility index (Phi) is 3.67. The van der Waals surface area contributed by atoms with E-state index < -0.39 is 0 Å². The van der Waals surface area contributed by atoms with Crippen LogP contribution >= 0.6 is 11.6 Å². The van der Waals surface area contributed by atoms with Crippen molar-refractivity contribution < 1.29 is 0 Å². The summed E-state index contributed by atoms with van der Waals surface area (Å²) >= 11 is 6.06. The van der Waals surface area contributed by atoms with E-state index >= 15 is 0 Å². The van der Waals surface area contributed by atoms with Crippen LogP contribution in [0, 0.1) is 13.8 Å². The number of halogens is 1. The predicted molar refractivity (Wildman–Crippen MR) is 76.0 cm³/mol. The summed E-state index contributed by atoms with van der Waals surface area (Å²) in [5.41, 5.74) is 4.50. The quantitative estimate of drug-likeness (QED) is 0.741. The fraction of sp³-hybridized carbons (Fsp3) is 0.333. The number of aromatic nitrogens is 2. The average molecular weight is 261 g/mol. The molecule has 18 heavy (non-hydrogen) atoms. The lowest BCUT2D eigenvalue weighted by Gasteiger charge is -2.09. The van der Waals surface area contributed by atoms with Crippen LogP contribution in [0.5, 0.6) is 0 Å². The standard InChI is InChI=1S/C15H17ClN2/c1-9(2)13-8-14(16)18-15(17-13)12-6-5-10(3)11(4)7-12/h5-9H,1-4H3. The molecular formula is C15H17ClN2. The maximum Gasteiger partial charge on any atom is 0.161 e. The maximum absolute atomic E-state index is 6.06. The first-order valence-electron chi connectivity index (χ1n) is 6.09. The molecule has 0 spiro atoms. The SMILES string of the molecule is Cc1ccc(-c2nc(Cl)cc(C(C)C)n2)cc1C. The van der Waals surface area contributed by atoms with Crippen molar-refractivity contribution in [2.75, 3.05) is 0 Å². The first kappa shape index (κ1) is 13.0. The number of hydrogen-bond acceptors (Lipinski definition) is 2. The normalized spacial score (nSPS) is 11.0. The summed E-state index contributed by atoms with van der Waals surface area (Å²) in [6.45, 7) is 8.38. The Bertz CT molecular complexity index is 577. The number of nitrogens with zero attached hydrogens (tertiary/aromatic N) is 2. The molecule has 1 aromatic heterocycles. The van der Waals surface area contributed by atoms with E-state index in [2.05, 4.69) is 49.8 Å². The minimum atomic E-state index is 0.343. The lowest BCUT2D eigenvalue weighted by Crippen LogP contribution is -1.98. The van der Waals surface area contributed by atoms with Gasteiger partial charge in [-0.2, -0.15) is 0 Å². The first-order valence-corrected chi connectivity index (χ1v) is 6.47. The van der Waals surface area contributed by atoms with Crippen molar-refractivity contribution in [2.45, 2.75) is 33.6 Å². The highest BCUT2D eigenvalue weighted by atomic mass is 35.5. The molecule has 0 aliphatic rings. The number of benzene rings is 1. The molecule has 0 saturated carbocycles. The summed E-state index contributed by atoms with van der Waals surface area (Å²) in [7, 11) is 0. The van der Waals surface area contributed by atoms with Crippen LogP contribution in [0.4, 0.5) is 0 Å². The zero-order valence-corrected chi connectivity index (χ0v) is 11.9. The van der Waals surface area contributed by atoms with Gasteiger partial charge in [0.15, 0.2) is 5.82 Å². The van der Waals surface area contributed by atoms with Gasteiger partial charge in [0.05, 0.1) is 0 Å². The molecule has 0 amide bonds. The van der Waals surface area contributed by atoms with Crippen LogP contribution < -0.4 is 0 Å². The highest BCUT2D eigenvalue weighted by molar-refractivity contribution is 6.29. The Balaban J connectivity index is 2.53. The van der Waals surface area contributed by atoms with Gasteiger partial charge in [0.1, 0.15) is 5.15 Å². The monoisotopic (exact) mass is 260 g/mol. The fourth-order valence-electron chi connectivity index (χ4n) is 1.74. The van der Waals surface area contributed by atoms with Crippen LogP contribution in [-0.2, 0) is 0 Å². The van der Waals surface area contributed by atoms with E-state index in [0.29, 0.717) is 16.9 Å². The second-order valence-corrected chi connectivity index (χ2v) is 5.28. The molecule has 0 atom stereocenters. The lowest BCUT2D eigenvalue weighted by molar-refractivity contribution is 0.817. The molecule has 0 unspecified atom stereocenters. The molecule has 0 aliphatic heterocycles. The molecule has 2 aromatic rings. The Morgan fingerprint density at radius 2 is 1.72 bits per heavy atom. The largest absolute Gasteiger partial charge is 0.233 e. The molecule has 3 heteroatoms. The van der Waals surface area contributed by atoms with Gasteiger partial charge in [0.2, 0.25) is 0 Å². The number of hydrogen-bond donors (Lipinski definition) is 0. The topological polar surface area (TPSA) is 25.8 Å². The molecule has 0 radical (unpaired) electrons. The Labute approximate surface area is 113 Å². The van der Waals surface area contributed by atoms with Gasteiger partial charge in [-0.05, 0) is 43.0 Å². The van der Waals surface area contributed by atoms with Crippen molar-refractivity contribution in [3.63, 3.8) is 0 Å². The molecule has 0 aliphatic carbocycles.